The summed E-state index contributed by atoms with van der Waals surface area (Å²) in [5.41, 5.74) is 8.60. The molecule has 7 nitrogen and oxygen atoms in total. The highest BCUT2D eigenvalue weighted by Crippen LogP contribution is 2.39. The van der Waals surface area contributed by atoms with E-state index in [-0.39, 0.29) is 36.4 Å². The zero-order valence-electron chi connectivity index (χ0n) is 17.6. The Morgan fingerprint density at radius 1 is 1.06 bits per heavy atom. The Balaban J connectivity index is 1.23. The molecular weight excluding hydrogens is 392 g/mol. The van der Waals surface area contributed by atoms with E-state index in [4.69, 9.17) is 4.74 Å². The molecule has 2 aromatic carbocycles. The third kappa shape index (κ3) is 3.79. The number of likely N-dealkylation sites (N-methyl/N-ethyl adjacent to an activating group) is 1. The smallest absolute Gasteiger partial charge is 0.252 e. The normalized spacial score (nSPS) is 30.0. The van der Waals surface area contributed by atoms with Gasteiger partial charge in [0, 0.05) is 19.0 Å². The van der Waals surface area contributed by atoms with E-state index >= 15 is 0 Å². The maximum absolute atomic E-state index is 13.1. The fraction of sp³-hybridized carbons (Fsp3) is 0.417. The Morgan fingerprint density at radius 3 is 2.68 bits per heavy atom. The lowest BCUT2D eigenvalue weighted by Gasteiger charge is -2.33. The monoisotopic (exact) mass is 420 g/mol. The van der Waals surface area contributed by atoms with E-state index in [0.29, 0.717) is 17.4 Å². The minimum atomic E-state index is -0.716. The molecule has 0 bridgehead atoms. The number of hydrazine groups is 1. The molecule has 3 N–H and O–H groups in total. The SMILES string of the molecule is CN1C(=O)[C@@H](NC(=O)C2NNC3CC(c4ccccc4)CCC32)COc2ccccc21. The maximum Gasteiger partial charge on any atom is 0.252 e. The molecule has 2 heterocycles. The molecule has 1 saturated heterocycles. The number of anilines is 1. The summed E-state index contributed by atoms with van der Waals surface area (Å²) in [6, 6.07) is 17.2. The Bertz CT molecular complexity index is 966. The lowest BCUT2D eigenvalue weighted by atomic mass is 9.74. The van der Waals surface area contributed by atoms with Crippen molar-refractivity contribution in [3.63, 3.8) is 0 Å². The topological polar surface area (TPSA) is 82.7 Å². The van der Waals surface area contributed by atoms with E-state index in [1.807, 2.05) is 30.3 Å². The number of amides is 2. The second-order valence-electron chi connectivity index (χ2n) is 8.69. The molecule has 4 unspecified atom stereocenters. The van der Waals surface area contributed by atoms with Crippen LogP contribution >= 0.6 is 0 Å². The van der Waals surface area contributed by atoms with Crippen molar-refractivity contribution in [3.8, 4) is 5.75 Å². The molecule has 0 spiro atoms. The van der Waals surface area contributed by atoms with Gasteiger partial charge in [0.25, 0.3) is 5.91 Å². The van der Waals surface area contributed by atoms with Crippen molar-refractivity contribution in [2.24, 2.45) is 5.92 Å². The molecule has 0 aromatic heterocycles. The minimum absolute atomic E-state index is 0.121. The average molecular weight is 421 g/mol. The average Bonchev–Trinajstić information content (AvgIpc) is 3.20. The molecule has 5 atom stereocenters. The quantitative estimate of drug-likeness (QED) is 0.707. The Hall–Kier alpha value is -2.90. The van der Waals surface area contributed by atoms with Crippen molar-refractivity contribution in [2.45, 2.75) is 43.3 Å². The number of nitrogens with one attached hydrogen (secondary N) is 3. The highest BCUT2D eigenvalue weighted by atomic mass is 16.5. The highest BCUT2D eigenvalue weighted by molar-refractivity contribution is 6.01. The van der Waals surface area contributed by atoms with E-state index in [1.165, 1.54) is 5.56 Å². The van der Waals surface area contributed by atoms with E-state index in [1.54, 1.807) is 11.9 Å². The van der Waals surface area contributed by atoms with E-state index < -0.39 is 6.04 Å². The highest BCUT2D eigenvalue weighted by Gasteiger charge is 2.44. The van der Waals surface area contributed by atoms with Gasteiger partial charge in [-0.1, -0.05) is 42.5 Å². The van der Waals surface area contributed by atoms with Crippen molar-refractivity contribution in [3.05, 3.63) is 60.2 Å². The number of ether oxygens (including phenoxy) is 1. The summed E-state index contributed by atoms with van der Waals surface area (Å²) < 4.78 is 5.82. The zero-order valence-corrected chi connectivity index (χ0v) is 17.6. The Morgan fingerprint density at radius 2 is 1.84 bits per heavy atom. The molecule has 3 aliphatic rings. The van der Waals surface area contributed by atoms with Gasteiger partial charge in [0.1, 0.15) is 24.4 Å². The summed E-state index contributed by atoms with van der Waals surface area (Å²) >= 11 is 0. The van der Waals surface area contributed by atoms with Crippen LogP contribution in [0.2, 0.25) is 0 Å². The molecule has 5 rings (SSSR count). The first kappa shape index (κ1) is 20.0. The van der Waals surface area contributed by atoms with Crippen LogP contribution in [0.5, 0.6) is 5.75 Å². The van der Waals surface area contributed by atoms with Crippen LogP contribution < -0.4 is 25.8 Å². The lowest BCUT2D eigenvalue weighted by Crippen LogP contribution is -2.55. The number of nitrogens with zero attached hydrogens (tertiary/aromatic N) is 1. The summed E-state index contributed by atoms with van der Waals surface area (Å²) in [7, 11) is 1.71. The zero-order chi connectivity index (χ0) is 21.4. The first-order chi connectivity index (χ1) is 15.1. The Labute approximate surface area is 182 Å². The van der Waals surface area contributed by atoms with Gasteiger partial charge < -0.3 is 15.0 Å². The fourth-order valence-electron chi connectivity index (χ4n) is 5.17. The largest absolute Gasteiger partial charge is 0.489 e. The lowest BCUT2D eigenvalue weighted by molar-refractivity contribution is -0.129. The van der Waals surface area contributed by atoms with Crippen molar-refractivity contribution in [1.29, 1.82) is 0 Å². The van der Waals surface area contributed by atoms with Gasteiger partial charge in [-0.05, 0) is 42.9 Å². The molecule has 2 amide bonds. The van der Waals surface area contributed by atoms with Crippen LogP contribution in [-0.4, -0.2) is 43.6 Å². The number of fused-ring (bicyclic) bond motifs is 2. The number of carbonyl (C=O) groups excluding carboxylic acids is 2. The van der Waals surface area contributed by atoms with Crippen LogP contribution in [0.1, 0.15) is 30.7 Å². The van der Waals surface area contributed by atoms with Crippen molar-refractivity contribution < 1.29 is 14.3 Å². The van der Waals surface area contributed by atoms with E-state index in [0.717, 1.165) is 19.3 Å². The number of benzene rings is 2. The van der Waals surface area contributed by atoms with Crippen LogP contribution in [0.4, 0.5) is 5.69 Å². The molecule has 1 saturated carbocycles. The van der Waals surface area contributed by atoms with Gasteiger partial charge in [0.15, 0.2) is 0 Å². The first-order valence-corrected chi connectivity index (χ1v) is 11.0. The summed E-state index contributed by atoms with van der Waals surface area (Å²) in [6.45, 7) is 0.121. The molecule has 0 radical (unpaired) electrons. The minimum Gasteiger partial charge on any atom is -0.489 e. The molecule has 2 aliphatic heterocycles. The predicted octanol–water partition coefficient (Wildman–Crippen LogP) is 1.96. The molecule has 162 valence electrons. The molecule has 2 aromatic rings. The third-order valence-electron chi connectivity index (χ3n) is 6.89. The van der Waals surface area contributed by atoms with Crippen LogP contribution in [0.3, 0.4) is 0 Å². The van der Waals surface area contributed by atoms with E-state index in [9.17, 15) is 9.59 Å². The molecule has 31 heavy (non-hydrogen) atoms. The van der Waals surface area contributed by atoms with Crippen LogP contribution in [0.15, 0.2) is 54.6 Å². The van der Waals surface area contributed by atoms with Crippen LogP contribution in [0.25, 0.3) is 0 Å². The first-order valence-electron chi connectivity index (χ1n) is 11.0. The van der Waals surface area contributed by atoms with Gasteiger partial charge in [0.05, 0.1) is 5.69 Å². The summed E-state index contributed by atoms with van der Waals surface area (Å²) in [5.74, 6) is 1.03. The van der Waals surface area contributed by atoms with Gasteiger partial charge in [-0.2, -0.15) is 0 Å². The van der Waals surface area contributed by atoms with Gasteiger partial charge in [-0.15, -0.1) is 0 Å². The fourth-order valence-corrected chi connectivity index (χ4v) is 5.17. The third-order valence-corrected chi connectivity index (χ3v) is 6.89. The van der Waals surface area contributed by atoms with Gasteiger partial charge in [-0.25, -0.2) is 5.43 Å². The van der Waals surface area contributed by atoms with Crippen LogP contribution in [-0.2, 0) is 9.59 Å². The molecular formula is C24H28N4O3. The van der Waals surface area contributed by atoms with E-state index in [2.05, 4.69) is 40.4 Å². The Kier molecular flexibility index (Phi) is 5.38. The number of hydrogen-bond donors (Lipinski definition) is 3. The molecule has 2 fully saturated rings. The number of carbonyl (C=O) groups is 2. The molecule has 7 heteroatoms. The maximum atomic E-state index is 13.1. The second-order valence-corrected chi connectivity index (χ2v) is 8.69. The van der Waals surface area contributed by atoms with Crippen molar-refractivity contribution >= 4 is 17.5 Å². The van der Waals surface area contributed by atoms with Gasteiger partial charge >= 0.3 is 0 Å². The van der Waals surface area contributed by atoms with Gasteiger partial charge in [-0.3, -0.25) is 15.0 Å². The number of rotatable bonds is 3. The standard InChI is InChI=1S/C24H28N4O3/c1-28-20-9-5-6-10-21(20)31-14-19(24(28)30)25-23(29)22-17-12-11-16(13-18(17)26-27-22)15-7-3-2-4-8-15/h2-10,16-19,22,26-27H,11-14H2,1H3,(H,25,29)/t16?,17?,18?,19-,22?/m0/s1. The predicted molar refractivity (Wildman–Crippen MR) is 118 cm³/mol. The van der Waals surface area contributed by atoms with Crippen molar-refractivity contribution in [1.82, 2.24) is 16.2 Å². The summed E-state index contributed by atoms with van der Waals surface area (Å²) in [6.07, 6.45) is 3.01. The summed E-state index contributed by atoms with van der Waals surface area (Å²) in [4.78, 5) is 27.6. The summed E-state index contributed by atoms with van der Waals surface area (Å²) in [5, 5.41) is 2.93. The van der Waals surface area contributed by atoms with Crippen molar-refractivity contribution in [2.75, 3.05) is 18.6 Å². The number of hydrogen-bond acceptors (Lipinski definition) is 5. The second kappa shape index (κ2) is 8.32. The number of para-hydroxylation sites is 2. The van der Waals surface area contributed by atoms with Gasteiger partial charge in [0.2, 0.25) is 5.91 Å². The molecule has 1 aliphatic carbocycles. The van der Waals surface area contributed by atoms with Crippen LogP contribution in [0, 0.1) is 5.92 Å².